The second-order valence-electron chi connectivity index (χ2n) is 6.37. The van der Waals surface area contributed by atoms with Crippen molar-refractivity contribution in [3.05, 3.63) is 29.3 Å². The molecule has 0 saturated carbocycles. The van der Waals surface area contributed by atoms with E-state index in [2.05, 4.69) is 10.6 Å². The lowest BCUT2D eigenvalue weighted by atomic mass is 10.0. The molecule has 1 unspecified atom stereocenters. The summed E-state index contributed by atoms with van der Waals surface area (Å²) in [4.78, 5) is 40.2. The van der Waals surface area contributed by atoms with Gasteiger partial charge in [0.25, 0.3) is 5.91 Å². The van der Waals surface area contributed by atoms with Crippen LogP contribution in [0.25, 0.3) is 0 Å². The summed E-state index contributed by atoms with van der Waals surface area (Å²) in [6.07, 6.45) is 0.0883. The predicted octanol–water partition coefficient (Wildman–Crippen LogP) is 0.846. The number of hydrogen-bond acceptors (Lipinski definition) is 4. The van der Waals surface area contributed by atoms with E-state index in [0.29, 0.717) is 17.8 Å². The Kier molecular flexibility index (Phi) is 6.14. The number of anilines is 1. The maximum atomic E-state index is 12.4. The van der Waals surface area contributed by atoms with Crippen LogP contribution in [0.4, 0.5) is 5.69 Å². The number of hydrogen-bond donors (Lipinski definition) is 2. The first-order chi connectivity index (χ1) is 11.8. The normalized spacial score (nSPS) is 17.8. The maximum Gasteiger partial charge on any atom is 0.253 e. The molecule has 3 amide bonds. The van der Waals surface area contributed by atoms with E-state index >= 15 is 0 Å². The minimum atomic E-state index is -0.453. The largest absolute Gasteiger partial charge is 0.353 e. The zero-order valence-electron chi connectivity index (χ0n) is 15.3. The van der Waals surface area contributed by atoms with Gasteiger partial charge >= 0.3 is 0 Å². The second kappa shape index (κ2) is 8.11. The fourth-order valence-electron chi connectivity index (χ4n) is 2.98. The van der Waals surface area contributed by atoms with Crippen molar-refractivity contribution in [1.82, 2.24) is 15.1 Å². The number of rotatable bonds is 5. The molecule has 0 radical (unpaired) electrons. The molecule has 0 aliphatic carbocycles. The molecule has 1 fully saturated rings. The molecule has 25 heavy (non-hydrogen) atoms. The Bertz CT molecular complexity index is 672. The third kappa shape index (κ3) is 4.36. The van der Waals surface area contributed by atoms with Gasteiger partial charge in [-0.3, -0.25) is 19.3 Å². The van der Waals surface area contributed by atoms with E-state index in [1.54, 1.807) is 39.2 Å². The molecule has 1 aliphatic heterocycles. The van der Waals surface area contributed by atoms with Crippen molar-refractivity contribution < 1.29 is 14.4 Å². The van der Waals surface area contributed by atoms with Gasteiger partial charge < -0.3 is 15.5 Å². The van der Waals surface area contributed by atoms with Crippen LogP contribution >= 0.6 is 0 Å². The number of piperazine rings is 1. The molecule has 0 bridgehead atoms. The van der Waals surface area contributed by atoms with Crippen molar-refractivity contribution in [3.63, 3.8) is 0 Å². The van der Waals surface area contributed by atoms with Gasteiger partial charge in [-0.2, -0.15) is 0 Å². The summed E-state index contributed by atoms with van der Waals surface area (Å²) in [5, 5.41) is 5.64. The van der Waals surface area contributed by atoms with Crippen LogP contribution < -0.4 is 10.6 Å². The predicted molar refractivity (Wildman–Crippen MR) is 96.5 cm³/mol. The van der Waals surface area contributed by atoms with Crippen LogP contribution in [0.15, 0.2) is 18.2 Å². The summed E-state index contributed by atoms with van der Waals surface area (Å²) in [5.74, 6) is -0.466. The maximum absolute atomic E-state index is 12.4. The number of amides is 3. The van der Waals surface area contributed by atoms with Gasteiger partial charge in [0.2, 0.25) is 11.8 Å². The molecule has 7 heteroatoms. The van der Waals surface area contributed by atoms with Crippen molar-refractivity contribution in [3.8, 4) is 0 Å². The number of likely N-dealkylation sites (N-methyl/N-ethyl adjacent to an activating group) is 1. The molecule has 1 saturated heterocycles. The number of carbonyl (C=O) groups excluding carboxylic acids is 3. The molecule has 1 atom stereocenters. The molecule has 0 aromatic heterocycles. The monoisotopic (exact) mass is 346 g/mol. The van der Waals surface area contributed by atoms with Gasteiger partial charge in [0.1, 0.15) is 0 Å². The summed E-state index contributed by atoms with van der Waals surface area (Å²) >= 11 is 0. The van der Waals surface area contributed by atoms with Crippen molar-refractivity contribution in [2.75, 3.05) is 39.0 Å². The Morgan fingerprint density at radius 2 is 2.08 bits per heavy atom. The highest BCUT2D eigenvalue weighted by Crippen LogP contribution is 2.21. The van der Waals surface area contributed by atoms with Crippen molar-refractivity contribution in [2.24, 2.45) is 0 Å². The average molecular weight is 346 g/mol. The van der Waals surface area contributed by atoms with E-state index in [0.717, 1.165) is 18.7 Å². The summed E-state index contributed by atoms with van der Waals surface area (Å²) in [6.45, 7) is 5.85. The lowest BCUT2D eigenvalue weighted by Gasteiger charge is -2.33. The highest BCUT2D eigenvalue weighted by molar-refractivity contribution is 6.00. The van der Waals surface area contributed by atoms with E-state index in [1.165, 1.54) is 4.90 Å². The van der Waals surface area contributed by atoms with Crippen LogP contribution in [0.2, 0.25) is 0 Å². The first-order valence-corrected chi connectivity index (χ1v) is 8.48. The van der Waals surface area contributed by atoms with Gasteiger partial charge in [0.05, 0.1) is 12.5 Å². The Balaban J connectivity index is 2.11. The molecular weight excluding hydrogens is 320 g/mol. The van der Waals surface area contributed by atoms with Gasteiger partial charge in [0, 0.05) is 38.4 Å². The van der Waals surface area contributed by atoms with Crippen molar-refractivity contribution in [1.29, 1.82) is 0 Å². The number of nitrogens with one attached hydrogen (secondary N) is 2. The third-order valence-electron chi connectivity index (χ3n) is 4.47. The molecule has 7 nitrogen and oxygen atoms in total. The third-order valence-corrected chi connectivity index (χ3v) is 4.47. The fourth-order valence-corrected chi connectivity index (χ4v) is 2.98. The van der Waals surface area contributed by atoms with Gasteiger partial charge in [-0.15, -0.1) is 0 Å². The summed E-state index contributed by atoms with van der Waals surface area (Å²) < 4.78 is 0. The van der Waals surface area contributed by atoms with Gasteiger partial charge in [-0.25, -0.2) is 0 Å². The molecule has 136 valence electrons. The molecule has 1 aromatic rings. The molecule has 0 spiro atoms. The van der Waals surface area contributed by atoms with Gasteiger partial charge in [-0.05, 0) is 31.2 Å². The van der Waals surface area contributed by atoms with Crippen LogP contribution in [0, 0.1) is 6.92 Å². The Morgan fingerprint density at radius 1 is 1.36 bits per heavy atom. The highest BCUT2D eigenvalue weighted by atomic mass is 16.2. The van der Waals surface area contributed by atoms with Crippen molar-refractivity contribution in [2.45, 2.75) is 26.3 Å². The molecule has 1 aliphatic rings. The second-order valence-corrected chi connectivity index (χ2v) is 6.37. The lowest BCUT2D eigenvalue weighted by Crippen LogP contribution is -2.56. The van der Waals surface area contributed by atoms with Crippen LogP contribution in [0.5, 0.6) is 0 Å². The van der Waals surface area contributed by atoms with Crippen LogP contribution in [-0.4, -0.2) is 67.3 Å². The van der Waals surface area contributed by atoms with E-state index in [9.17, 15) is 14.4 Å². The minimum absolute atomic E-state index is 0.0883. The van der Waals surface area contributed by atoms with Gasteiger partial charge in [-0.1, -0.05) is 13.0 Å². The SMILES string of the molecule is CCN1CCNC(=O)C1CC(=O)Nc1cccc(C(=O)N(C)C)c1C. The van der Waals surface area contributed by atoms with E-state index in [-0.39, 0.29) is 24.1 Å². The zero-order valence-corrected chi connectivity index (χ0v) is 15.3. The topological polar surface area (TPSA) is 81.8 Å². The Hall–Kier alpha value is -2.41. The number of nitrogens with zero attached hydrogens (tertiary/aromatic N) is 2. The van der Waals surface area contributed by atoms with Crippen LogP contribution in [0.1, 0.15) is 29.3 Å². The van der Waals surface area contributed by atoms with E-state index in [4.69, 9.17) is 0 Å². The minimum Gasteiger partial charge on any atom is -0.353 e. The van der Waals surface area contributed by atoms with Crippen LogP contribution in [-0.2, 0) is 9.59 Å². The molecule has 1 aromatic carbocycles. The smallest absolute Gasteiger partial charge is 0.253 e. The standard InChI is InChI=1S/C18H26N4O3/c1-5-22-10-9-19-17(24)15(22)11-16(23)20-14-8-6-7-13(12(14)2)18(25)21(3)4/h6-8,15H,5,9-11H2,1-4H3,(H,19,24)(H,20,23). The zero-order chi connectivity index (χ0) is 18.6. The quantitative estimate of drug-likeness (QED) is 0.828. The van der Waals surface area contributed by atoms with Crippen molar-refractivity contribution >= 4 is 23.4 Å². The molecule has 2 rings (SSSR count). The lowest BCUT2D eigenvalue weighted by molar-refractivity contribution is -0.132. The summed E-state index contributed by atoms with van der Waals surface area (Å²) in [7, 11) is 3.38. The van der Waals surface area contributed by atoms with E-state index in [1.807, 2.05) is 11.8 Å². The van der Waals surface area contributed by atoms with Crippen LogP contribution in [0.3, 0.4) is 0 Å². The summed E-state index contributed by atoms with van der Waals surface area (Å²) in [5.41, 5.74) is 1.86. The first-order valence-electron chi connectivity index (χ1n) is 8.48. The van der Waals surface area contributed by atoms with E-state index < -0.39 is 6.04 Å². The number of carbonyl (C=O) groups is 3. The molecular formula is C18H26N4O3. The molecule has 2 N–H and O–H groups in total. The molecule has 1 heterocycles. The highest BCUT2D eigenvalue weighted by Gasteiger charge is 2.30. The Morgan fingerprint density at radius 3 is 2.72 bits per heavy atom. The first kappa shape index (κ1) is 18.9. The average Bonchev–Trinajstić information content (AvgIpc) is 2.57. The number of benzene rings is 1. The Labute approximate surface area is 148 Å². The summed E-state index contributed by atoms with van der Waals surface area (Å²) in [6, 6.07) is 4.79. The van der Waals surface area contributed by atoms with Gasteiger partial charge in [0.15, 0.2) is 0 Å². The fraction of sp³-hybridized carbons (Fsp3) is 0.500.